The first-order valence-electron chi connectivity index (χ1n) is 13.3. The van der Waals surface area contributed by atoms with Gasteiger partial charge in [0.1, 0.15) is 35.5 Å². The largest absolute Gasteiger partial charge is 0.461 e. The molecule has 2 saturated carbocycles. The van der Waals surface area contributed by atoms with E-state index in [0.717, 1.165) is 0 Å². The van der Waals surface area contributed by atoms with Gasteiger partial charge in [0.05, 0.1) is 39.6 Å². The first-order chi connectivity index (χ1) is 18.2. The number of carbonyl (C=O) groups excluding carboxylic acids is 4. The van der Waals surface area contributed by atoms with Gasteiger partial charge < -0.3 is 43.8 Å². The van der Waals surface area contributed by atoms with Crippen LogP contribution in [0.25, 0.3) is 0 Å². The van der Waals surface area contributed by atoms with Crippen molar-refractivity contribution in [2.45, 2.75) is 89.5 Å². The monoisotopic (exact) mass is 560 g/mol. The molecule has 224 valence electrons. The number of esters is 2. The van der Waals surface area contributed by atoms with E-state index in [-0.39, 0.29) is 26.4 Å². The van der Waals surface area contributed by atoms with Gasteiger partial charge in [0.25, 0.3) is 0 Å². The fraction of sp³-hybridized carbons (Fsp3) is 0.846. The number of nitrogens with one attached hydrogen (secondary N) is 2. The van der Waals surface area contributed by atoms with Crippen LogP contribution in [0.5, 0.6) is 0 Å². The van der Waals surface area contributed by atoms with Gasteiger partial charge in [0, 0.05) is 0 Å². The molecule has 2 aliphatic carbocycles. The first-order valence-corrected chi connectivity index (χ1v) is 13.3. The maximum absolute atomic E-state index is 12.3. The van der Waals surface area contributed by atoms with Gasteiger partial charge in [-0.1, -0.05) is 0 Å². The third-order valence-corrected chi connectivity index (χ3v) is 5.43. The van der Waals surface area contributed by atoms with Gasteiger partial charge in [-0.25, -0.2) is 19.2 Å². The molecule has 2 fully saturated rings. The topological polar surface area (TPSA) is 157 Å². The summed E-state index contributed by atoms with van der Waals surface area (Å²) in [5.41, 5.74) is -3.30. The Morgan fingerprint density at radius 2 is 0.821 bits per heavy atom. The van der Waals surface area contributed by atoms with Crippen LogP contribution in [0, 0.1) is 0 Å². The fourth-order valence-electron chi connectivity index (χ4n) is 3.21. The van der Waals surface area contributed by atoms with E-state index < -0.39 is 46.4 Å². The SMILES string of the molecule is CC(C)(C)OC(=O)NC1(C(=O)OCCOCCOCCOCCOC(=O)C2(NC(=O)OC(C)(C)C)CC2)CC1. The standard InChI is InChI=1S/C26H44N2O11/c1-23(2,3)38-21(31)27-25(7-8-25)19(29)36-17-15-34-13-11-33-12-14-35-16-18-37-20(30)26(9-10-26)28-22(32)39-24(4,5)6/h7-18H2,1-6H3,(H,27,31)(H,28,32). The Morgan fingerprint density at radius 1 is 0.538 bits per heavy atom. The molecule has 0 spiro atoms. The zero-order chi connectivity index (χ0) is 29.2. The Balaban J connectivity index is 1.41. The second-order valence-electron chi connectivity index (χ2n) is 11.5. The molecule has 2 aliphatic rings. The quantitative estimate of drug-likeness (QED) is 0.162. The second kappa shape index (κ2) is 14.1. The number of carbonyl (C=O) groups is 4. The molecule has 2 rings (SSSR count). The maximum atomic E-state index is 12.3. The van der Waals surface area contributed by atoms with Crippen LogP contribution in [0.1, 0.15) is 67.2 Å². The predicted octanol–water partition coefficient (Wildman–Crippen LogP) is 2.24. The summed E-state index contributed by atoms with van der Waals surface area (Å²) in [4.78, 5) is 48.3. The van der Waals surface area contributed by atoms with Crippen molar-refractivity contribution in [3.63, 3.8) is 0 Å². The van der Waals surface area contributed by atoms with Crippen molar-refractivity contribution in [2.24, 2.45) is 0 Å². The first kappa shape index (κ1) is 32.6. The van der Waals surface area contributed by atoms with E-state index in [4.69, 9.17) is 33.2 Å². The van der Waals surface area contributed by atoms with Gasteiger partial charge in [-0.2, -0.15) is 0 Å². The van der Waals surface area contributed by atoms with Crippen LogP contribution in [0.3, 0.4) is 0 Å². The lowest BCUT2D eigenvalue weighted by Crippen LogP contribution is -2.46. The normalized spacial score (nSPS) is 17.0. The second-order valence-corrected chi connectivity index (χ2v) is 11.5. The van der Waals surface area contributed by atoms with E-state index in [1.807, 2.05) is 0 Å². The van der Waals surface area contributed by atoms with Gasteiger partial charge in [-0.15, -0.1) is 0 Å². The van der Waals surface area contributed by atoms with E-state index in [1.165, 1.54) is 0 Å². The molecular weight excluding hydrogens is 516 g/mol. The molecule has 0 aromatic heterocycles. The lowest BCUT2D eigenvalue weighted by Gasteiger charge is -2.22. The van der Waals surface area contributed by atoms with Crippen LogP contribution >= 0.6 is 0 Å². The molecule has 13 nitrogen and oxygen atoms in total. The predicted molar refractivity (Wildman–Crippen MR) is 137 cm³/mol. The summed E-state index contributed by atoms with van der Waals surface area (Å²) in [6.45, 7) is 12.3. The van der Waals surface area contributed by atoms with Crippen molar-refractivity contribution >= 4 is 24.1 Å². The van der Waals surface area contributed by atoms with E-state index in [1.54, 1.807) is 41.5 Å². The highest BCUT2D eigenvalue weighted by molar-refractivity contribution is 5.89. The summed E-state index contributed by atoms with van der Waals surface area (Å²) in [7, 11) is 0. The fourth-order valence-corrected chi connectivity index (χ4v) is 3.21. The highest BCUT2D eigenvalue weighted by atomic mass is 16.6. The molecule has 0 atom stereocenters. The molecule has 0 saturated heterocycles. The lowest BCUT2D eigenvalue weighted by atomic mass is 10.2. The Kier molecular flexibility index (Phi) is 11.8. The summed E-state index contributed by atoms with van der Waals surface area (Å²) < 4.78 is 36.9. The summed E-state index contributed by atoms with van der Waals surface area (Å²) in [5.74, 6) is -0.995. The van der Waals surface area contributed by atoms with Crippen molar-refractivity contribution in [2.75, 3.05) is 52.9 Å². The Bertz CT molecular complexity index is 772. The van der Waals surface area contributed by atoms with Crippen molar-refractivity contribution in [3.8, 4) is 0 Å². The van der Waals surface area contributed by atoms with E-state index in [0.29, 0.717) is 52.1 Å². The van der Waals surface area contributed by atoms with Gasteiger partial charge in [0.15, 0.2) is 0 Å². The molecule has 0 aliphatic heterocycles. The summed E-state index contributed by atoms with van der Waals surface area (Å²) in [5, 5.41) is 5.19. The average molecular weight is 561 g/mol. The van der Waals surface area contributed by atoms with Crippen LogP contribution in [0.15, 0.2) is 0 Å². The van der Waals surface area contributed by atoms with Crippen molar-refractivity contribution in [1.82, 2.24) is 10.6 Å². The molecular formula is C26H44N2O11. The van der Waals surface area contributed by atoms with Gasteiger partial charge in [0.2, 0.25) is 0 Å². The number of rotatable bonds is 16. The van der Waals surface area contributed by atoms with Gasteiger partial charge >= 0.3 is 24.1 Å². The molecule has 0 heterocycles. The van der Waals surface area contributed by atoms with Crippen molar-refractivity contribution < 1.29 is 52.3 Å². The van der Waals surface area contributed by atoms with Crippen LogP contribution in [-0.4, -0.2) is 99.3 Å². The molecule has 2 amide bonds. The van der Waals surface area contributed by atoms with E-state index in [2.05, 4.69) is 10.6 Å². The zero-order valence-electron chi connectivity index (χ0n) is 24.0. The van der Waals surface area contributed by atoms with Crippen molar-refractivity contribution in [3.05, 3.63) is 0 Å². The Hall–Kier alpha value is -2.64. The minimum atomic E-state index is -1.000. The Labute approximate surface area is 229 Å². The third kappa shape index (κ3) is 12.8. The lowest BCUT2D eigenvalue weighted by molar-refractivity contribution is -0.149. The molecule has 0 unspecified atom stereocenters. The van der Waals surface area contributed by atoms with Gasteiger partial charge in [-0.3, -0.25) is 0 Å². The average Bonchev–Trinajstić information content (AvgIpc) is 3.71. The van der Waals surface area contributed by atoms with Crippen LogP contribution in [0.2, 0.25) is 0 Å². The summed E-state index contributed by atoms with van der Waals surface area (Å²) in [6, 6.07) is 0. The minimum absolute atomic E-state index is 0.0625. The molecule has 0 aromatic carbocycles. The van der Waals surface area contributed by atoms with E-state index >= 15 is 0 Å². The van der Waals surface area contributed by atoms with Crippen molar-refractivity contribution in [1.29, 1.82) is 0 Å². The van der Waals surface area contributed by atoms with Crippen LogP contribution in [-0.2, 0) is 42.7 Å². The molecule has 39 heavy (non-hydrogen) atoms. The highest BCUT2D eigenvalue weighted by Crippen LogP contribution is 2.37. The highest BCUT2D eigenvalue weighted by Gasteiger charge is 2.54. The molecule has 13 heteroatoms. The van der Waals surface area contributed by atoms with Crippen LogP contribution in [0.4, 0.5) is 9.59 Å². The molecule has 0 radical (unpaired) electrons. The summed E-state index contributed by atoms with van der Waals surface area (Å²) >= 11 is 0. The molecule has 2 N–H and O–H groups in total. The zero-order valence-corrected chi connectivity index (χ0v) is 24.0. The maximum Gasteiger partial charge on any atom is 0.408 e. The van der Waals surface area contributed by atoms with E-state index in [9.17, 15) is 19.2 Å². The molecule has 0 bridgehead atoms. The number of alkyl carbamates (subject to hydrolysis) is 2. The number of hydrogen-bond donors (Lipinski definition) is 2. The smallest absolute Gasteiger partial charge is 0.408 e. The minimum Gasteiger partial charge on any atom is -0.461 e. The molecule has 0 aromatic rings. The number of hydrogen-bond acceptors (Lipinski definition) is 11. The third-order valence-electron chi connectivity index (χ3n) is 5.43. The summed E-state index contributed by atoms with van der Waals surface area (Å²) in [6.07, 6.45) is 0.753. The van der Waals surface area contributed by atoms with Gasteiger partial charge in [-0.05, 0) is 67.2 Å². The van der Waals surface area contributed by atoms with Crippen LogP contribution < -0.4 is 10.6 Å². The number of amides is 2. The Morgan fingerprint density at radius 3 is 1.08 bits per heavy atom. The number of ether oxygens (including phenoxy) is 7.